The van der Waals surface area contributed by atoms with Crippen molar-refractivity contribution in [3.05, 3.63) is 70.7 Å². The molecule has 4 rings (SSSR count). The quantitative estimate of drug-likeness (QED) is 0.762. The molecule has 1 heterocycles. The molecule has 2 aromatic rings. The van der Waals surface area contributed by atoms with Gasteiger partial charge in [0.05, 0.1) is 6.04 Å². The maximum atomic E-state index is 12.7. The molecule has 1 aliphatic heterocycles. The fraction of sp³-hybridized carbons (Fsp3) is 0.286. The molecule has 144 valence electrons. The number of benzene rings is 2. The molecule has 1 saturated heterocycles. The van der Waals surface area contributed by atoms with Crippen LogP contribution in [0.1, 0.15) is 30.0 Å². The van der Waals surface area contributed by atoms with Crippen LogP contribution in [0.3, 0.4) is 0 Å². The first-order chi connectivity index (χ1) is 13.5. The third-order valence-corrected chi connectivity index (χ3v) is 5.23. The lowest BCUT2D eigenvalue weighted by Gasteiger charge is -2.22. The summed E-state index contributed by atoms with van der Waals surface area (Å²) in [6.07, 6.45) is 1.84. The molecule has 0 aromatic heterocycles. The van der Waals surface area contributed by atoms with Gasteiger partial charge < -0.3 is 10.2 Å². The molecule has 28 heavy (non-hydrogen) atoms. The predicted octanol–water partition coefficient (Wildman–Crippen LogP) is 2.97. The number of hydrogen-bond acceptors (Lipinski definition) is 3. The number of rotatable bonds is 6. The molecule has 2 fully saturated rings. The third-order valence-electron chi connectivity index (χ3n) is 4.99. The van der Waals surface area contributed by atoms with E-state index in [2.05, 4.69) is 5.32 Å². The first kappa shape index (κ1) is 18.5. The SMILES string of the molecule is O=C(CN1C(=O)CN(C2CC2)C1=O)NC(c1ccccc1)c1cccc(Cl)c1. The Hall–Kier alpha value is -2.86. The van der Waals surface area contributed by atoms with Crippen molar-refractivity contribution in [3.8, 4) is 0 Å². The van der Waals surface area contributed by atoms with Crippen molar-refractivity contribution in [2.75, 3.05) is 13.1 Å². The minimum Gasteiger partial charge on any atom is -0.344 e. The van der Waals surface area contributed by atoms with Gasteiger partial charge in [-0.3, -0.25) is 14.5 Å². The van der Waals surface area contributed by atoms with Crippen molar-refractivity contribution in [2.24, 2.45) is 0 Å². The van der Waals surface area contributed by atoms with Crippen LogP contribution in [0.2, 0.25) is 5.02 Å². The topological polar surface area (TPSA) is 69.7 Å². The zero-order valence-electron chi connectivity index (χ0n) is 15.2. The summed E-state index contributed by atoms with van der Waals surface area (Å²) in [4.78, 5) is 39.9. The fourth-order valence-corrected chi connectivity index (χ4v) is 3.63. The van der Waals surface area contributed by atoms with Gasteiger partial charge in [-0.25, -0.2) is 4.79 Å². The lowest BCUT2D eigenvalue weighted by Crippen LogP contribution is -2.43. The average Bonchev–Trinajstić information content (AvgIpc) is 3.49. The Morgan fingerprint density at radius 2 is 1.79 bits per heavy atom. The Bertz CT molecular complexity index is 914. The molecule has 1 N–H and O–H groups in total. The Morgan fingerprint density at radius 1 is 1.07 bits per heavy atom. The Labute approximate surface area is 168 Å². The van der Waals surface area contributed by atoms with E-state index in [4.69, 9.17) is 11.6 Å². The molecule has 6 nitrogen and oxygen atoms in total. The van der Waals surface area contributed by atoms with Gasteiger partial charge in [0.25, 0.3) is 5.91 Å². The number of nitrogens with zero attached hydrogens (tertiary/aromatic N) is 2. The predicted molar refractivity (Wildman–Crippen MR) is 105 cm³/mol. The van der Waals surface area contributed by atoms with Crippen LogP contribution >= 0.6 is 11.6 Å². The number of halogens is 1. The van der Waals surface area contributed by atoms with Crippen LogP contribution in [-0.4, -0.2) is 46.8 Å². The molecule has 7 heteroatoms. The molecule has 2 aromatic carbocycles. The summed E-state index contributed by atoms with van der Waals surface area (Å²) < 4.78 is 0. The zero-order chi connectivity index (χ0) is 19.7. The number of imide groups is 1. The smallest absolute Gasteiger partial charge is 0.327 e. The van der Waals surface area contributed by atoms with Crippen molar-refractivity contribution in [3.63, 3.8) is 0 Å². The highest BCUT2D eigenvalue weighted by molar-refractivity contribution is 6.30. The van der Waals surface area contributed by atoms with Crippen LogP contribution in [0.5, 0.6) is 0 Å². The van der Waals surface area contributed by atoms with Gasteiger partial charge >= 0.3 is 6.03 Å². The van der Waals surface area contributed by atoms with Crippen molar-refractivity contribution in [1.29, 1.82) is 0 Å². The van der Waals surface area contributed by atoms with Gasteiger partial charge in [0, 0.05) is 11.1 Å². The van der Waals surface area contributed by atoms with E-state index in [1.807, 2.05) is 42.5 Å². The van der Waals surface area contributed by atoms with Crippen molar-refractivity contribution in [1.82, 2.24) is 15.1 Å². The summed E-state index contributed by atoms with van der Waals surface area (Å²) in [6, 6.07) is 16.1. The largest absolute Gasteiger partial charge is 0.344 e. The third kappa shape index (κ3) is 3.87. The number of nitrogens with one attached hydrogen (secondary N) is 1. The first-order valence-electron chi connectivity index (χ1n) is 9.23. The first-order valence-corrected chi connectivity index (χ1v) is 9.61. The maximum Gasteiger partial charge on any atom is 0.327 e. The summed E-state index contributed by atoms with van der Waals surface area (Å²) >= 11 is 6.12. The second kappa shape index (κ2) is 7.64. The maximum absolute atomic E-state index is 12.7. The van der Waals surface area contributed by atoms with E-state index in [-0.39, 0.29) is 31.1 Å². The van der Waals surface area contributed by atoms with Gasteiger partial charge in [0.2, 0.25) is 5.91 Å². The molecule has 2 aliphatic rings. The molecule has 1 unspecified atom stereocenters. The molecule has 4 amide bonds. The van der Waals surface area contributed by atoms with Crippen LogP contribution in [0.15, 0.2) is 54.6 Å². The normalized spacial score (nSPS) is 17.8. The highest BCUT2D eigenvalue weighted by Crippen LogP contribution is 2.30. The highest BCUT2D eigenvalue weighted by Gasteiger charge is 2.44. The van der Waals surface area contributed by atoms with Crippen LogP contribution in [-0.2, 0) is 9.59 Å². The number of urea groups is 1. The summed E-state index contributed by atoms with van der Waals surface area (Å²) in [7, 11) is 0. The van der Waals surface area contributed by atoms with E-state index in [9.17, 15) is 14.4 Å². The summed E-state index contributed by atoms with van der Waals surface area (Å²) in [5.74, 6) is -0.723. The highest BCUT2D eigenvalue weighted by atomic mass is 35.5. The van der Waals surface area contributed by atoms with E-state index < -0.39 is 11.9 Å². The molecule has 1 saturated carbocycles. The Balaban J connectivity index is 1.51. The van der Waals surface area contributed by atoms with E-state index >= 15 is 0 Å². The average molecular weight is 398 g/mol. The monoisotopic (exact) mass is 397 g/mol. The van der Waals surface area contributed by atoms with Crippen LogP contribution in [0, 0.1) is 0 Å². The molecular weight excluding hydrogens is 378 g/mol. The number of carbonyl (C=O) groups is 3. The Kier molecular flexibility index (Phi) is 5.05. The summed E-state index contributed by atoms with van der Waals surface area (Å²) in [5.41, 5.74) is 1.71. The molecule has 0 bridgehead atoms. The van der Waals surface area contributed by atoms with Crippen LogP contribution in [0.4, 0.5) is 4.79 Å². The van der Waals surface area contributed by atoms with E-state index in [0.29, 0.717) is 5.02 Å². The molecule has 1 atom stereocenters. The number of amides is 4. The lowest BCUT2D eigenvalue weighted by atomic mass is 9.98. The molecule has 0 spiro atoms. The van der Waals surface area contributed by atoms with Crippen molar-refractivity contribution in [2.45, 2.75) is 24.9 Å². The fourth-order valence-electron chi connectivity index (χ4n) is 3.43. The Morgan fingerprint density at radius 3 is 2.46 bits per heavy atom. The molecular formula is C21H20ClN3O3. The number of carbonyl (C=O) groups excluding carboxylic acids is 3. The van der Waals surface area contributed by atoms with E-state index in [0.717, 1.165) is 28.9 Å². The summed E-state index contributed by atoms with van der Waals surface area (Å²) in [5, 5.41) is 3.51. The second-order valence-corrected chi connectivity index (χ2v) is 7.52. The number of hydrogen-bond donors (Lipinski definition) is 1. The second-order valence-electron chi connectivity index (χ2n) is 7.09. The van der Waals surface area contributed by atoms with Gasteiger partial charge in [-0.1, -0.05) is 54.1 Å². The van der Waals surface area contributed by atoms with Crippen LogP contribution in [0.25, 0.3) is 0 Å². The molecule has 0 radical (unpaired) electrons. The minimum atomic E-state index is -0.431. The summed E-state index contributed by atoms with van der Waals surface area (Å²) in [6.45, 7) is -0.224. The minimum absolute atomic E-state index is 0.0627. The van der Waals surface area contributed by atoms with E-state index in [1.54, 1.807) is 17.0 Å². The van der Waals surface area contributed by atoms with Gasteiger partial charge in [0.15, 0.2) is 0 Å². The van der Waals surface area contributed by atoms with Gasteiger partial charge in [0.1, 0.15) is 13.1 Å². The molecule has 1 aliphatic carbocycles. The standard InChI is InChI=1S/C21H20ClN3O3/c22-16-8-4-7-15(11-16)20(14-5-2-1-3-6-14)23-18(26)12-25-19(27)13-24(21(25)28)17-9-10-17/h1-8,11,17,20H,9-10,12-13H2,(H,23,26). The zero-order valence-corrected chi connectivity index (χ0v) is 15.9. The van der Waals surface area contributed by atoms with E-state index in [1.165, 1.54) is 0 Å². The lowest BCUT2D eigenvalue weighted by molar-refractivity contribution is -0.131. The van der Waals surface area contributed by atoms with Gasteiger partial charge in [-0.2, -0.15) is 0 Å². The van der Waals surface area contributed by atoms with Crippen molar-refractivity contribution >= 4 is 29.4 Å². The van der Waals surface area contributed by atoms with Crippen molar-refractivity contribution < 1.29 is 14.4 Å². The van der Waals surface area contributed by atoms with Gasteiger partial charge in [-0.05, 0) is 36.1 Å². The van der Waals surface area contributed by atoms with Crippen LogP contribution < -0.4 is 5.32 Å². The van der Waals surface area contributed by atoms with Gasteiger partial charge in [-0.15, -0.1) is 0 Å².